The van der Waals surface area contributed by atoms with Gasteiger partial charge in [-0.1, -0.05) is 6.07 Å². The first-order valence-electron chi connectivity index (χ1n) is 7.22. The molecule has 1 aromatic carbocycles. The zero-order valence-electron chi connectivity index (χ0n) is 13.1. The maximum Gasteiger partial charge on any atom is 0.290 e. The van der Waals surface area contributed by atoms with Crippen LogP contribution in [0.3, 0.4) is 0 Å². The summed E-state index contributed by atoms with van der Waals surface area (Å²) in [6.07, 6.45) is 3.36. The number of thioether (sulfide) groups is 1. The molecule has 1 saturated heterocycles. The number of imide groups is 1. The summed E-state index contributed by atoms with van der Waals surface area (Å²) in [7, 11) is 1.55. The first kappa shape index (κ1) is 17.7. The molecule has 1 N–H and O–H groups in total. The lowest BCUT2D eigenvalue weighted by Crippen LogP contribution is -2.17. The van der Waals surface area contributed by atoms with Gasteiger partial charge in [0.1, 0.15) is 6.61 Å². The van der Waals surface area contributed by atoms with Crippen molar-refractivity contribution in [2.24, 2.45) is 0 Å². The van der Waals surface area contributed by atoms with E-state index in [0.717, 1.165) is 26.6 Å². The molecule has 2 aromatic rings. The minimum atomic E-state index is -0.389. The number of rotatable bonds is 5. The number of halogens is 1. The summed E-state index contributed by atoms with van der Waals surface area (Å²) in [6, 6.07) is 9.25. The lowest BCUT2D eigenvalue weighted by Gasteiger charge is -2.13. The fourth-order valence-corrected chi connectivity index (χ4v) is 3.63. The molecular weight excluding hydrogens is 455 g/mol. The van der Waals surface area contributed by atoms with E-state index in [2.05, 4.69) is 32.9 Å². The molecule has 128 valence electrons. The molecule has 0 bridgehead atoms. The Labute approximate surface area is 162 Å². The topological polar surface area (TPSA) is 77.5 Å². The maximum atomic E-state index is 11.7. The van der Waals surface area contributed by atoms with Gasteiger partial charge < -0.3 is 9.47 Å². The standard InChI is InChI=1S/C17H13IN2O4S/c1-23-13-7-10(8-14-16(21)20-17(22)25-14)6-12(18)15(13)24-9-11-4-2-3-5-19-11/h2-8H,9H2,1H3,(H,20,21,22)/b14-8-. The summed E-state index contributed by atoms with van der Waals surface area (Å²) < 4.78 is 12.1. The molecule has 0 aliphatic carbocycles. The van der Waals surface area contributed by atoms with Gasteiger partial charge in [0.15, 0.2) is 11.5 Å². The second-order valence-electron chi connectivity index (χ2n) is 5.00. The van der Waals surface area contributed by atoms with E-state index < -0.39 is 0 Å². The zero-order valence-corrected chi connectivity index (χ0v) is 16.1. The molecule has 0 radical (unpaired) electrons. The number of amides is 2. The molecule has 0 spiro atoms. The molecule has 6 nitrogen and oxygen atoms in total. The van der Waals surface area contributed by atoms with Crippen LogP contribution in [-0.4, -0.2) is 23.2 Å². The lowest BCUT2D eigenvalue weighted by atomic mass is 10.2. The van der Waals surface area contributed by atoms with E-state index in [1.165, 1.54) is 0 Å². The Hall–Kier alpha value is -2.07. The Morgan fingerprint density at radius 2 is 2.16 bits per heavy atom. The van der Waals surface area contributed by atoms with Gasteiger partial charge in [-0.2, -0.15) is 0 Å². The maximum absolute atomic E-state index is 11.7. The number of methoxy groups -OCH3 is 1. The summed E-state index contributed by atoms with van der Waals surface area (Å²) in [4.78, 5) is 27.5. The largest absolute Gasteiger partial charge is 0.493 e. The van der Waals surface area contributed by atoms with Crippen LogP contribution in [0.2, 0.25) is 0 Å². The summed E-state index contributed by atoms with van der Waals surface area (Å²) >= 11 is 3.02. The Balaban J connectivity index is 1.85. The lowest BCUT2D eigenvalue weighted by molar-refractivity contribution is -0.115. The minimum Gasteiger partial charge on any atom is -0.493 e. The normalized spacial score (nSPS) is 15.4. The molecule has 3 rings (SSSR count). The van der Waals surface area contributed by atoms with Gasteiger partial charge in [-0.25, -0.2) is 0 Å². The highest BCUT2D eigenvalue weighted by molar-refractivity contribution is 14.1. The van der Waals surface area contributed by atoms with E-state index in [4.69, 9.17) is 9.47 Å². The number of aromatic nitrogens is 1. The molecule has 1 aliphatic rings. The number of ether oxygens (including phenoxy) is 2. The number of carbonyl (C=O) groups is 2. The van der Waals surface area contributed by atoms with Crippen molar-refractivity contribution in [2.75, 3.05) is 7.11 Å². The molecule has 25 heavy (non-hydrogen) atoms. The van der Waals surface area contributed by atoms with Crippen LogP contribution in [0.25, 0.3) is 6.08 Å². The second kappa shape index (κ2) is 7.87. The Bertz CT molecular complexity index is 855. The smallest absolute Gasteiger partial charge is 0.290 e. The van der Waals surface area contributed by atoms with Crippen molar-refractivity contribution in [1.29, 1.82) is 0 Å². The summed E-state index contributed by atoms with van der Waals surface area (Å²) in [5.41, 5.74) is 1.56. The number of pyridine rings is 1. The van der Waals surface area contributed by atoms with Crippen LogP contribution < -0.4 is 14.8 Å². The average Bonchev–Trinajstić information content (AvgIpc) is 2.91. The Morgan fingerprint density at radius 1 is 1.32 bits per heavy atom. The third kappa shape index (κ3) is 4.31. The van der Waals surface area contributed by atoms with Crippen molar-refractivity contribution in [1.82, 2.24) is 10.3 Å². The predicted octanol–water partition coefficient (Wildman–Crippen LogP) is 3.60. The van der Waals surface area contributed by atoms with Crippen LogP contribution in [0.1, 0.15) is 11.3 Å². The monoisotopic (exact) mass is 468 g/mol. The molecule has 1 aliphatic heterocycles. The van der Waals surface area contributed by atoms with Gasteiger partial charge in [-0.15, -0.1) is 0 Å². The second-order valence-corrected chi connectivity index (χ2v) is 7.17. The number of nitrogens with one attached hydrogen (secondary N) is 1. The SMILES string of the molecule is COc1cc(/C=C2\SC(=O)NC2=O)cc(I)c1OCc1ccccn1. The number of nitrogens with zero attached hydrogens (tertiary/aromatic N) is 1. The van der Waals surface area contributed by atoms with Crippen LogP contribution in [0.4, 0.5) is 4.79 Å². The third-order valence-corrected chi connectivity index (χ3v) is 4.89. The van der Waals surface area contributed by atoms with Crippen molar-refractivity contribution in [3.63, 3.8) is 0 Å². The van der Waals surface area contributed by atoms with E-state index in [1.807, 2.05) is 24.3 Å². The van der Waals surface area contributed by atoms with Crippen molar-refractivity contribution < 1.29 is 19.1 Å². The minimum absolute atomic E-state index is 0.320. The first-order chi connectivity index (χ1) is 12.1. The first-order valence-corrected chi connectivity index (χ1v) is 9.11. The molecule has 0 saturated carbocycles. The molecule has 1 aromatic heterocycles. The number of carbonyl (C=O) groups excluding carboxylic acids is 2. The summed E-state index contributed by atoms with van der Waals surface area (Å²) in [5.74, 6) is 0.763. The van der Waals surface area contributed by atoms with E-state index >= 15 is 0 Å². The molecule has 2 heterocycles. The highest BCUT2D eigenvalue weighted by Gasteiger charge is 2.25. The molecular formula is C17H13IN2O4S. The van der Waals surface area contributed by atoms with Crippen LogP contribution >= 0.6 is 34.4 Å². The van der Waals surface area contributed by atoms with Gasteiger partial charge in [-0.05, 0) is 70.3 Å². The zero-order chi connectivity index (χ0) is 17.8. The van der Waals surface area contributed by atoms with Gasteiger partial charge in [0.2, 0.25) is 0 Å². The van der Waals surface area contributed by atoms with E-state index in [-0.39, 0.29) is 11.1 Å². The highest BCUT2D eigenvalue weighted by Crippen LogP contribution is 2.36. The van der Waals surface area contributed by atoms with Crippen LogP contribution in [0.15, 0.2) is 41.4 Å². The fraction of sp³-hybridized carbons (Fsp3) is 0.118. The van der Waals surface area contributed by atoms with Crippen LogP contribution in [0.5, 0.6) is 11.5 Å². The van der Waals surface area contributed by atoms with Gasteiger partial charge >= 0.3 is 0 Å². The highest BCUT2D eigenvalue weighted by atomic mass is 127. The fourth-order valence-electron chi connectivity index (χ4n) is 2.17. The summed E-state index contributed by atoms with van der Waals surface area (Å²) in [5, 5.41) is 1.86. The van der Waals surface area contributed by atoms with Gasteiger partial charge in [0.05, 0.1) is 21.3 Å². The van der Waals surface area contributed by atoms with Crippen molar-refractivity contribution in [3.05, 3.63) is 56.3 Å². The third-order valence-electron chi connectivity index (χ3n) is 3.28. The number of hydrogen-bond donors (Lipinski definition) is 1. The summed E-state index contributed by atoms with van der Waals surface area (Å²) in [6.45, 7) is 0.320. The van der Waals surface area contributed by atoms with Crippen LogP contribution in [0, 0.1) is 3.57 Å². The molecule has 0 atom stereocenters. The average molecular weight is 468 g/mol. The van der Waals surface area contributed by atoms with Crippen molar-refractivity contribution in [3.8, 4) is 11.5 Å². The molecule has 0 unspecified atom stereocenters. The Morgan fingerprint density at radius 3 is 2.80 bits per heavy atom. The van der Waals surface area contributed by atoms with Gasteiger partial charge in [0, 0.05) is 6.20 Å². The van der Waals surface area contributed by atoms with Gasteiger partial charge in [0.25, 0.3) is 11.1 Å². The number of hydrogen-bond acceptors (Lipinski definition) is 6. The van der Waals surface area contributed by atoms with Crippen molar-refractivity contribution >= 4 is 51.6 Å². The van der Waals surface area contributed by atoms with Crippen molar-refractivity contribution in [2.45, 2.75) is 6.61 Å². The predicted molar refractivity (Wildman–Crippen MR) is 103 cm³/mol. The number of benzene rings is 1. The molecule has 2 amide bonds. The van der Waals surface area contributed by atoms with Gasteiger partial charge in [-0.3, -0.25) is 19.9 Å². The van der Waals surface area contributed by atoms with Crippen LogP contribution in [-0.2, 0) is 11.4 Å². The quantitative estimate of drug-likeness (QED) is 0.534. The Kier molecular flexibility index (Phi) is 5.59. The van der Waals surface area contributed by atoms with E-state index in [1.54, 1.807) is 25.4 Å². The molecule has 8 heteroatoms. The molecule has 1 fully saturated rings. The van der Waals surface area contributed by atoms with E-state index in [9.17, 15) is 9.59 Å². The van der Waals surface area contributed by atoms with E-state index in [0.29, 0.717) is 23.0 Å².